The maximum Gasteiger partial charge on any atom is 0.164 e. The number of furan rings is 1. The summed E-state index contributed by atoms with van der Waals surface area (Å²) in [6.07, 6.45) is 0. The monoisotopic (exact) mass is 764 g/mol. The zero-order valence-electron chi connectivity index (χ0n) is 32.2. The van der Waals surface area contributed by atoms with Gasteiger partial charge in [-0.2, -0.15) is 0 Å². The highest BCUT2D eigenvalue weighted by atomic mass is 16.3. The Morgan fingerprint density at radius 2 is 0.967 bits per heavy atom. The molecule has 4 heterocycles. The standard InChI is InChI=1S/C55H32N4O/c1-3-14-33(15-4-1)37-28-29-41(43(31-37)35-17-5-2-6-18-35)54-56-53(38-27-26-34-16-7-8-19-36(34)30-38)57-55(58-54)44-32-48-51-50-40(22-13-25-47(50)60-48)39-20-9-11-23-45(39)59-46-24-12-10-21-42(46)49(44)52(51)59/h1-32H. The largest absolute Gasteiger partial charge is 0.456 e. The van der Waals surface area contributed by atoms with Gasteiger partial charge < -0.3 is 8.82 Å². The van der Waals surface area contributed by atoms with Crippen LogP contribution in [0.1, 0.15) is 0 Å². The molecule has 0 aliphatic carbocycles. The molecular weight excluding hydrogens is 733 g/mol. The molecule has 5 heteroatoms. The topological polar surface area (TPSA) is 56.2 Å². The van der Waals surface area contributed by atoms with E-state index in [0.717, 1.165) is 104 Å². The summed E-state index contributed by atoms with van der Waals surface area (Å²) < 4.78 is 9.25. The molecular formula is C55H32N4O. The maximum atomic E-state index is 6.83. The van der Waals surface area contributed by atoms with Crippen LogP contribution in [0.25, 0.3) is 127 Å². The van der Waals surface area contributed by atoms with E-state index in [2.05, 4.69) is 199 Å². The van der Waals surface area contributed by atoms with Gasteiger partial charge in [0.1, 0.15) is 11.2 Å². The van der Waals surface area contributed by atoms with E-state index in [9.17, 15) is 0 Å². The first-order chi connectivity index (χ1) is 29.7. The first-order valence-electron chi connectivity index (χ1n) is 20.3. The molecule has 0 bridgehead atoms. The van der Waals surface area contributed by atoms with Crippen molar-refractivity contribution in [3.63, 3.8) is 0 Å². The normalized spacial score (nSPS) is 12.0. The number of nitrogens with zero attached hydrogens (tertiary/aromatic N) is 4. The number of rotatable bonds is 5. The molecule has 0 radical (unpaired) electrons. The van der Waals surface area contributed by atoms with Gasteiger partial charge in [0.15, 0.2) is 17.5 Å². The quantitative estimate of drug-likeness (QED) is 0.175. The maximum absolute atomic E-state index is 6.83. The van der Waals surface area contributed by atoms with E-state index < -0.39 is 0 Å². The number of fused-ring (bicyclic) bond motifs is 7. The van der Waals surface area contributed by atoms with Crippen LogP contribution >= 0.6 is 0 Å². The van der Waals surface area contributed by atoms with Crippen molar-refractivity contribution in [3.05, 3.63) is 194 Å². The molecule has 13 rings (SSSR count). The van der Waals surface area contributed by atoms with E-state index in [1.54, 1.807) is 0 Å². The Morgan fingerprint density at radius 3 is 1.78 bits per heavy atom. The predicted molar refractivity (Wildman–Crippen MR) is 246 cm³/mol. The van der Waals surface area contributed by atoms with Crippen LogP contribution in [-0.4, -0.2) is 19.4 Å². The molecule has 278 valence electrons. The second-order valence-electron chi connectivity index (χ2n) is 15.5. The number of hydrogen-bond donors (Lipinski definition) is 0. The van der Waals surface area contributed by atoms with Crippen LogP contribution in [0.15, 0.2) is 199 Å². The average molecular weight is 765 g/mol. The highest BCUT2D eigenvalue weighted by molar-refractivity contribution is 6.33. The van der Waals surface area contributed by atoms with Crippen molar-refractivity contribution in [3.8, 4) is 56.4 Å². The number of benzene rings is 9. The number of hydrogen-bond acceptors (Lipinski definition) is 4. The average Bonchev–Trinajstić information content (AvgIpc) is 3.83. The molecule has 0 spiro atoms. The van der Waals surface area contributed by atoms with Crippen LogP contribution in [0.3, 0.4) is 0 Å². The van der Waals surface area contributed by atoms with Crippen LogP contribution in [-0.2, 0) is 0 Å². The summed E-state index contributed by atoms with van der Waals surface area (Å²) in [5.41, 5.74) is 12.1. The van der Waals surface area contributed by atoms with Gasteiger partial charge in [0.25, 0.3) is 0 Å². The Hall–Kier alpha value is -8.15. The Kier molecular flexibility index (Phi) is 6.95. The molecule has 5 nitrogen and oxygen atoms in total. The third-order valence-electron chi connectivity index (χ3n) is 12.2. The highest BCUT2D eigenvalue weighted by Crippen LogP contribution is 2.48. The molecule has 0 saturated heterocycles. The van der Waals surface area contributed by atoms with Gasteiger partial charge in [-0.25, -0.2) is 15.0 Å². The predicted octanol–water partition coefficient (Wildman–Crippen LogP) is 14.4. The lowest BCUT2D eigenvalue weighted by atomic mass is 9.94. The Labute approximate surface area is 343 Å². The van der Waals surface area contributed by atoms with Crippen LogP contribution < -0.4 is 0 Å². The van der Waals surface area contributed by atoms with Crippen LogP contribution in [0.5, 0.6) is 0 Å². The van der Waals surface area contributed by atoms with Crippen molar-refractivity contribution in [2.24, 2.45) is 0 Å². The first kappa shape index (κ1) is 32.9. The summed E-state index contributed by atoms with van der Waals surface area (Å²) in [5, 5.41) is 9.04. The van der Waals surface area contributed by atoms with E-state index in [1.807, 2.05) is 0 Å². The van der Waals surface area contributed by atoms with Crippen molar-refractivity contribution in [2.75, 3.05) is 0 Å². The zero-order chi connectivity index (χ0) is 39.3. The molecule has 13 aromatic rings. The van der Waals surface area contributed by atoms with Crippen LogP contribution in [0, 0.1) is 0 Å². The van der Waals surface area contributed by atoms with Crippen molar-refractivity contribution < 1.29 is 4.42 Å². The molecule has 0 amide bonds. The second-order valence-corrected chi connectivity index (χ2v) is 15.5. The van der Waals surface area contributed by atoms with Crippen LogP contribution in [0.2, 0.25) is 0 Å². The second kappa shape index (κ2) is 12.7. The molecule has 0 unspecified atom stereocenters. The van der Waals surface area contributed by atoms with Gasteiger partial charge in [-0.15, -0.1) is 0 Å². The van der Waals surface area contributed by atoms with Gasteiger partial charge in [-0.3, -0.25) is 0 Å². The molecule has 0 saturated carbocycles. The van der Waals surface area contributed by atoms with E-state index in [1.165, 1.54) is 5.39 Å². The fourth-order valence-electron chi connectivity index (χ4n) is 9.48. The number of para-hydroxylation sites is 2. The van der Waals surface area contributed by atoms with Gasteiger partial charge in [-0.1, -0.05) is 152 Å². The van der Waals surface area contributed by atoms with E-state index in [-0.39, 0.29) is 0 Å². The third kappa shape index (κ3) is 4.84. The van der Waals surface area contributed by atoms with E-state index in [4.69, 9.17) is 19.4 Å². The lowest BCUT2D eigenvalue weighted by Gasteiger charge is -2.14. The Balaban J connectivity index is 1.17. The van der Waals surface area contributed by atoms with Gasteiger partial charge in [0.05, 0.1) is 21.9 Å². The minimum atomic E-state index is 0.581. The molecule has 9 aromatic carbocycles. The summed E-state index contributed by atoms with van der Waals surface area (Å²) in [7, 11) is 0. The van der Waals surface area contributed by atoms with Gasteiger partial charge in [-0.05, 0) is 80.9 Å². The third-order valence-corrected chi connectivity index (χ3v) is 12.2. The minimum Gasteiger partial charge on any atom is -0.456 e. The molecule has 0 fully saturated rings. The van der Waals surface area contributed by atoms with Crippen molar-refractivity contribution in [1.82, 2.24) is 19.4 Å². The van der Waals surface area contributed by atoms with E-state index in [0.29, 0.717) is 17.5 Å². The molecule has 60 heavy (non-hydrogen) atoms. The van der Waals surface area contributed by atoms with Crippen molar-refractivity contribution in [1.29, 1.82) is 0 Å². The van der Waals surface area contributed by atoms with Crippen LogP contribution in [0.4, 0.5) is 0 Å². The fraction of sp³-hybridized carbons (Fsp3) is 0. The summed E-state index contributed by atoms with van der Waals surface area (Å²) in [6, 6.07) is 68.4. The van der Waals surface area contributed by atoms with E-state index >= 15 is 0 Å². The summed E-state index contributed by atoms with van der Waals surface area (Å²) in [4.78, 5) is 16.2. The Bertz CT molecular complexity index is 3830. The SMILES string of the molecule is c1ccc(-c2ccc(-c3nc(-c4ccc5ccccc5c4)nc(-c4cc5oc6cccc7c8ccccc8n8c9ccccc9c4c8c5c67)n3)c(-c3ccccc3)c2)cc1. The Morgan fingerprint density at radius 1 is 0.333 bits per heavy atom. The molecule has 0 aliphatic heterocycles. The molecule has 0 atom stereocenters. The first-order valence-corrected chi connectivity index (χ1v) is 20.3. The molecule has 0 aliphatic rings. The van der Waals surface area contributed by atoms with Gasteiger partial charge >= 0.3 is 0 Å². The van der Waals surface area contributed by atoms with Gasteiger partial charge in [0, 0.05) is 38.2 Å². The lowest BCUT2D eigenvalue weighted by Crippen LogP contribution is -2.02. The van der Waals surface area contributed by atoms with Crippen molar-refractivity contribution >= 4 is 70.8 Å². The smallest absolute Gasteiger partial charge is 0.164 e. The minimum absolute atomic E-state index is 0.581. The summed E-state index contributed by atoms with van der Waals surface area (Å²) in [6.45, 7) is 0. The van der Waals surface area contributed by atoms with Gasteiger partial charge in [0.2, 0.25) is 0 Å². The summed E-state index contributed by atoms with van der Waals surface area (Å²) in [5.74, 6) is 1.78. The number of aromatic nitrogens is 4. The summed E-state index contributed by atoms with van der Waals surface area (Å²) >= 11 is 0. The molecule has 0 N–H and O–H groups in total. The molecule has 4 aromatic heterocycles. The highest BCUT2D eigenvalue weighted by Gasteiger charge is 2.26. The lowest BCUT2D eigenvalue weighted by molar-refractivity contribution is 0.669. The van der Waals surface area contributed by atoms with Crippen molar-refractivity contribution in [2.45, 2.75) is 0 Å². The fourth-order valence-corrected chi connectivity index (χ4v) is 9.48. The zero-order valence-corrected chi connectivity index (χ0v) is 32.2.